The van der Waals surface area contributed by atoms with Crippen molar-refractivity contribution >= 4 is 20.0 Å². The van der Waals surface area contributed by atoms with E-state index < -0.39 is 20.2 Å². The van der Waals surface area contributed by atoms with E-state index in [9.17, 15) is 9.59 Å². The minimum atomic E-state index is -1.16. The molecule has 0 aliphatic rings. The minimum absolute atomic E-state index is 0.0762. The maximum Gasteiger partial charge on any atom is 0.408 e. The summed E-state index contributed by atoms with van der Waals surface area (Å²) < 4.78 is 14.4. The summed E-state index contributed by atoms with van der Waals surface area (Å²) in [4.78, 5) is 29.5. The Hall–Kier alpha value is -3.38. The van der Waals surface area contributed by atoms with Crippen molar-refractivity contribution in [1.29, 1.82) is 0 Å². The highest BCUT2D eigenvalue weighted by molar-refractivity contribution is 6.76. The van der Waals surface area contributed by atoms with Crippen LogP contribution in [0.25, 0.3) is 0 Å². The van der Waals surface area contributed by atoms with Crippen LogP contribution < -0.4 is 5.32 Å². The van der Waals surface area contributed by atoms with Crippen LogP contribution in [0.5, 0.6) is 0 Å². The van der Waals surface area contributed by atoms with Gasteiger partial charge in [-0.15, -0.1) is 5.10 Å². The van der Waals surface area contributed by atoms with Gasteiger partial charge in [-0.1, -0.05) is 56.9 Å². The first-order chi connectivity index (χ1) is 17.2. The van der Waals surface area contributed by atoms with Gasteiger partial charge in [0.25, 0.3) is 0 Å². The van der Waals surface area contributed by atoms with Crippen LogP contribution in [-0.4, -0.2) is 62.4 Å². The lowest BCUT2D eigenvalue weighted by Crippen LogP contribution is -2.42. The maximum atomic E-state index is 12.9. The van der Waals surface area contributed by atoms with Gasteiger partial charge in [0.2, 0.25) is 0 Å². The van der Waals surface area contributed by atoms with Crippen LogP contribution >= 0.6 is 0 Å². The van der Waals surface area contributed by atoms with Crippen LogP contribution in [0.15, 0.2) is 42.7 Å². The van der Waals surface area contributed by atoms with Gasteiger partial charge in [0.05, 0.1) is 12.5 Å². The number of carbonyl (C=O) groups is 2. The number of imidazole rings is 1. The fourth-order valence-corrected chi connectivity index (χ4v) is 4.11. The number of rotatable bonds is 14. The van der Waals surface area contributed by atoms with Gasteiger partial charge in [-0.25, -0.2) is 14.5 Å². The van der Waals surface area contributed by atoms with Crippen molar-refractivity contribution in [3.8, 4) is 0 Å². The summed E-state index contributed by atoms with van der Waals surface area (Å²) in [6.45, 7) is 9.91. The predicted molar refractivity (Wildman–Crippen MR) is 136 cm³/mol. The van der Waals surface area contributed by atoms with Gasteiger partial charge in [-0.05, 0) is 28.5 Å². The molecule has 2 heterocycles. The van der Waals surface area contributed by atoms with Crippen molar-refractivity contribution in [3.05, 3.63) is 59.9 Å². The topological polar surface area (TPSA) is 126 Å². The second-order valence-corrected chi connectivity index (χ2v) is 15.3. The van der Waals surface area contributed by atoms with E-state index in [0.29, 0.717) is 32.0 Å². The molecular weight excluding hydrogens is 478 g/mol. The molecule has 0 spiro atoms. The van der Waals surface area contributed by atoms with Crippen LogP contribution in [0, 0.1) is 0 Å². The van der Waals surface area contributed by atoms with Crippen molar-refractivity contribution in [2.45, 2.75) is 71.4 Å². The molecule has 1 N–H and O–H groups in total. The van der Waals surface area contributed by atoms with E-state index in [1.54, 1.807) is 6.20 Å². The number of aromatic nitrogens is 6. The number of ether oxygens (including phenoxy) is 2. The second kappa shape index (κ2) is 13.1. The lowest BCUT2D eigenvalue weighted by molar-refractivity contribution is -0.121. The Kier molecular flexibility index (Phi) is 9.88. The van der Waals surface area contributed by atoms with E-state index >= 15 is 0 Å². The molecule has 12 heteroatoms. The molecule has 0 saturated heterocycles. The Morgan fingerprint density at radius 2 is 1.92 bits per heavy atom. The number of Topliss-reactive ketones (excluding diaryl/α,β-unsaturated/α-hetero) is 1. The SMILES string of the molecule is CCC(NC(=O)OCc1ccccc1)C(=O)Cn1nnnc1Cc1nccn1COCC[Si](C)(C)C. The van der Waals surface area contributed by atoms with Crippen molar-refractivity contribution in [1.82, 2.24) is 35.1 Å². The van der Waals surface area contributed by atoms with Crippen molar-refractivity contribution in [2.75, 3.05) is 6.61 Å². The van der Waals surface area contributed by atoms with E-state index in [0.717, 1.165) is 17.4 Å². The molecule has 1 atom stereocenters. The number of amides is 1. The molecule has 0 aliphatic heterocycles. The molecule has 194 valence electrons. The third-order valence-corrected chi connectivity index (χ3v) is 7.26. The van der Waals surface area contributed by atoms with Crippen LogP contribution in [0.1, 0.15) is 30.6 Å². The first-order valence-electron chi connectivity index (χ1n) is 12.1. The Morgan fingerprint density at radius 1 is 1.14 bits per heavy atom. The number of benzene rings is 1. The molecule has 3 aromatic rings. The molecule has 0 fully saturated rings. The Balaban J connectivity index is 1.52. The van der Waals surface area contributed by atoms with E-state index in [2.05, 4.69) is 45.5 Å². The summed E-state index contributed by atoms with van der Waals surface area (Å²) in [7, 11) is -1.16. The highest BCUT2D eigenvalue weighted by Crippen LogP contribution is 2.10. The van der Waals surface area contributed by atoms with Crippen molar-refractivity contribution in [2.24, 2.45) is 0 Å². The van der Waals surface area contributed by atoms with E-state index in [1.807, 2.05) is 48.0 Å². The van der Waals surface area contributed by atoms with E-state index in [1.165, 1.54) is 4.68 Å². The molecule has 1 unspecified atom stereocenters. The molecule has 1 amide bonds. The third-order valence-electron chi connectivity index (χ3n) is 5.56. The highest BCUT2D eigenvalue weighted by Gasteiger charge is 2.22. The molecule has 11 nitrogen and oxygen atoms in total. The van der Waals surface area contributed by atoms with E-state index in [4.69, 9.17) is 9.47 Å². The molecule has 0 aliphatic carbocycles. The minimum Gasteiger partial charge on any atom is -0.445 e. The second-order valence-electron chi connectivity index (χ2n) is 9.72. The Labute approximate surface area is 212 Å². The molecular formula is C24H35N7O4Si. The number of tetrazole rings is 1. The fourth-order valence-electron chi connectivity index (χ4n) is 3.36. The number of carbonyl (C=O) groups excluding carboxylic acids is 2. The summed E-state index contributed by atoms with van der Waals surface area (Å²) in [5, 5.41) is 14.4. The third kappa shape index (κ3) is 8.68. The number of nitrogens with one attached hydrogen (secondary N) is 1. The average molecular weight is 514 g/mol. The number of hydrogen-bond acceptors (Lipinski definition) is 8. The summed E-state index contributed by atoms with van der Waals surface area (Å²) in [5.74, 6) is 1.02. The highest BCUT2D eigenvalue weighted by atomic mass is 28.3. The number of hydrogen-bond donors (Lipinski definition) is 1. The monoisotopic (exact) mass is 513 g/mol. The molecule has 0 saturated carbocycles. The summed E-state index contributed by atoms with van der Waals surface area (Å²) >= 11 is 0. The van der Waals surface area contributed by atoms with E-state index in [-0.39, 0.29) is 18.9 Å². The summed E-state index contributed by atoms with van der Waals surface area (Å²) in [6, 6.07) is 9.72. The molecule has 3 rings (SSSR count). The summed E-state index contributed by atoms with van der Waals surface area (Å²) in [6.07, 6.45) is 3.66. The van der Waals surface area contributed by atoms with Gasteiger partial charge in [-0.3, -0.25) is 4.79 Å². The zero-order valence-corrected chi connectivity index (χ0v) is 22.4. The lowest BCUT2D eigenvalue weighted by Gasteiger charge is -2.16. The number of alkyl carbamates (subject to hydrolysis) is 1. The fraction of sp³-hybridized carbons (Fsp3) is 0.500. The number of nitrogens with zero attached hydrogens (tertiary/aromatic N) is 6. The molecule has 1 aromatic carbocycles. The molecule has 2 aromatic heterocycles. The Bertz CT molecular complexity index is 1110. The van der Waals surface area contributed by atoms with Gasteiger partial charge < -0.3 is 19.4 Å². The molecule has 36 heavy (non-hydrogen) atoms. The molecule has 0 bridgehead atoms. The van der Waals surface area contributed by atoms with Crippen LogP contribution in [0.2, 0.25) is 25.7 Å². The van der Waals surface area contributed by atoms with Gasteiger partial charge in [0.1, 0.15) is 25.7 Å². The standard InChI is InChI=1S/C24H35N7O4Si/c1-5-20(26-24(33)35-17-19-9-7-6-8-10-19)21(32)16-31-23(27-28-29-31)15-22-25-11-12-30(22)18-34-13-14-36(2,3)4/h6-12,20H,5,13-18H2,1-4H3,(H,26,33). The van der Waals surface area contributed by atoms with Gasteiger partial charge in [0, 0.05) is 27.1 Å². The van der Waals surface area contributed by atoms with Gasteiger partial charge in [0.15, 0.2) is 11.6 Å². The zero-order chi connectivity index (χ0) is 26.0. The van der Waals surface area contributed by atoms with Crippen LogP contribution in [0.4, 0.5) is 4.79 Å². The first-order valence-corrected chi connectivity index (χ1v) is 15.8. The number of ketones is 1. The van der Waals surface area contributed by atoms with Gasteiger partial charge >= 0.3 is 6.09 Å². The van der Waals surface area contributed by atoms with Crippen LogP contribution in [0.3, 0.4) is 0 Å². The predicted octanol–water partition coefficient (Wildman–Crippen LogP) is 3.05. The van der Waals surface area contributed by atoms with Gasteiger partial charge in [-0.2, -0.15) is 0 Å². The zero-order valence-electron chi connectivity index (χ0n) is 21.4. The Morgan fingerprint density at radius 3 is 2.64 bits per heavy atom. The maximum absolute atomic E-state index is 12.9. The average Bonchev–Trinajstić information content (AvgIpc) is 3.48. The first kappa shape index (κ1) is 27.2. The van der Waals surface area contributed by atoms with Crippen molar-refractivity contribution in [3.63, 3.8) is 0 Å². The van der Waals surface area contributed by atoms with Crippen molar-refractivity contribution < 1.29 is 19.1 Å². The van der Waals surface area contributed by atoms with Crippen LogP contribution in [-0.2, 0) is 40.6 Å². The largest absolute Gasteiger partial charge is 0.445 e. The smallest absolute Gasteiger partial charge is 0.408 e. The normalized spacial score (nSPS) is 12.3. The quantitative estimate of drug-likeness (QED) is 0.257. The summed E-state index contributed by atoms with van der Waals surface area (Å²) in [5.41, 5.74) is 0.866. The molecule has 0 radical (unpaired) electrons. The lowest BCUT2D eigenvalue weighted by atomic mass is 10.1.